The Morgan fingerprint density at radius 2 is 1.57 bits per heavy atom. The SMILES string of the molecule is O=Cc1cn(-c2ccccc2)nc1CCc1ccccc1. The third-order valence-corrected chi connectivity index (χ3v) is 3.46. The predicted octanol–water partition coefficient (Wildman–Crippen LogP) is 3.47. The first-order valence-corrected chi connectivity index (χ1v) is 7.00. The molecule has 0 bridgehead atoms. The highest BCUT2D eigenvalue weighted by Crippen LogP contribution is 2.13. The molecule has 0 N–H and O–H groups in total. The van der Waals surface area contributed by atoms with Crippen LogP contribution in [0.5, 0.6) is 0 Å². The molecule has 0 aliphatic rings. The second-order valence-corrected chi connectivity index (χ2v) is 4.91. The largest absolute Gasteiger partial charge is 0.298 e. The van der Waals surface area contributed by atoms with Crippen molar-refractivity contribution in [3.63, 3.8) is 0 Å². The minimum absolute atomic E-state index is 0.662. The lowest BCUT2D eigenvalue weighted by molar-refractivity contribution is 0.112. The summed E-state index contributed by atoms with van der Waals surface area (Å²) in [5.74, 6) is 0. The normalized spacial score (nSPS) is 10.5. The number of aryl methyl sites for hydroxylation is 2. The number of nitrogens with zero attached hydrogens (tertiary/aromatic N) is 2. The summed E-state index contributed by atoms with van der Waals surface area (Å²) in [5.41, 5.74) is 3.72. The van der Waals surface area contributed by atoms with Gasteiger partial charge in [0.1, 0.15) is 0 Å². The standard InChI is InChI=1S/C18H16N2O/c21-14-16-13-20(17-9-5-2-6-10-17)19-18(16)12-11-15-7-3-1-4-8-15/h1-10,13-14H,11-12H2. The monoisotopic (exact) mass is 276 g/mol. The molecule has 0 aliphatic heterocycles. The third kappa shape index (κ3) is 3.08. The Kier molecular flexibility index (Phi) is 3.92. The lowest BCUT2D eigenvalue weighted by Crippen LogP contribution is -1.98. The summed E-state index contributed by atoms with van der Waals surface area (Å²) >= 11 is 0. The van der Waals surface area contributed by atoms with Crippen LogP contribution >= 0.6 is 0 Å². The van der Waals surface area contributed by atoms with Crippen LogP contribution in [0.25, 0.3) is 5.69 Å². The van der Waals surface area contributed by atoms with Crippen molar-refractivity contribution >= 4 is 6.29 Å². The number of aldehydes is 1. The highest BCUT2D eigenvalue weighted by molar-refractivity contribution is 5.76. The van der Waals surface area contributed by atoms with Gasteiger partial charge in [0, 0.05) is 6.20 Å². The van der Waals surface area contributed by atoms with Crippen molar-refractivity contribution in [2.45, 2.75) is 12.8 Å². The van der Waals surface area contributed by atoms with E-state index in [1.165, 1.54) is 5.56 Å². The van der Waals surface area contributed by atoms with Gasteiger partial charge in [-0.1, -0.05) is 48.5 Å². The van der Waals surface area contributed by atoms with Gasteiger partial charge >= 0.3 is 0 Å². The van der Waals surface area contributed by atoms with Crippen LogP contribution in [0.15, 0.2) is 66.9 Å². The number of carbonyl (C=O) groups is 1. The van der Waals surface area contributed by atoms with E-state index in [1.807, 2.05) is 48.5 Å². The van der Waals surface area contributed by atoms with Crippen molar-refractivity contribution in [3.05, 3.63) is 83.7 Å². The molecule has 1 aromatic heterocycles. The van der Waals surface area contributed by atoms with E-state index in [1.54, 1.807) is 10.9 Å². The van der Waals surface area contributed by atoms with Gasteiger partial charge in [0.25, 0.3) is 0 Å². The fourth-order valence-electron chi connectivity index (χ4n) is 2.34. The van der Waals surface area contributed by atoms with E-state index in [4.69, 9.17) is 0 Å². The maximum atomic E-state index is 11.2. The molecule has 0 unspecified atom stereocenters. The van der Waals surface area contributed by atoms with E-state index in [2.05, 4.69) is 17.2 Å². The van der Waals surface area contributed by atoms with Crippen LogP contribution in [0.3, 0.4) is 0 Å². The summed E-state index contributed by atoms with van der Waals surface area (Å²) < 4.78 is 1.77. The number of para-hydroxylation sites is 1. The Balaban J connectivity index is 1.82. The molecule has 0 saturated heterocycles. The Morgan fingerprint density at radius 3 is 2.24 bits per heavy atom. The quantitative estimate of drug-likeness (QED) is 0.669. The predicted molar refractivity (Wildman–Crippen MR) is 82.8 cm³/mol. The lowest BCUT2D eigenvalue weighted by atomic mass is 10.1. The fraction of sp³-hybridized carbons (Fsp3) is 0.111. The molecular formula is C18H16N2O. The average molecular weight is 276 g/mol. The van der Waals surface area contributed by atoms with Gasteiger partial charge in [-0.25, -0.2) is 4.68 Å². The minimum Gasteiger partial charge on any atom is -0.298 e. The van der Waals surface area contributed by atoms with Crippen LogP contribution in [0.2, 0.25) is 0 Å². The van der Waals surface area contributed by atoms with Crippen molar-refractivity contribution in [2.75, 3.05) is 0 Å². The van der Waals surface area contributed by atoms with Crippen LogP contribution in [-0.2, 0) is 12.8 Å². The number of hydrogen-bond donors (Lipinski definition) is 0. The van der Waals surface area contributed by atoms with E-state index < -0.39 is 0 Å². The number of aromatic nitrogens is 2. The lowest BCUT2D eigenvalue weighted by Gasteiger charge is -2.01. The van der Waals surface area contributed by atoms with E-state index in [0.29, 0.717) is 5.56 Å². The average Bonchev–Trinajstić information content (AvgIpc) is 2.98. The highest BCUT2D eigenvalue weighted by Gasteiger charge is 2.09. The molecule has 0 atom stereocenters. The van der Waals surface area contributed by atoms with Crippen LogP contribution in [0.1, 0.15) is 21.6 Å². The molecule has 1 heterocycles. The molecule has 0 fully saturated rings. The number of rotatable bonds is 5. The maximum absolute atomic E-state index is 11.2. The Hall–Kier alpha value is -2.68. The molecule has 0 saturated carbocycles. The number of benzene rings is 2. The van der Waals surface area contributed by atoms with Crippen LogP contribution < -0.4 is 0 Å². The first kappa shape index (κ1) is 13.3. The van der Waals surface area contributed by atoms with Gasteiger partial charge < -0.3 is 0 Å². The molecule has 2 aromatic carbocycles. The Labute approximate surface area is 123 Å². The van der Waals surface area contributed by atoms with E-state index in [0.717, 1.165) is 30.5 Å². The van der Waals surface area contributed by atoms with E-state index >= 15 is 0 Å². The molecule has 21 heavy (non-hydrogen) atoms. The zero-order valence-electron chi connectivity index (χ0n) is 11.6. The van der Waals surface area contributed by atoms with Crippen molar-refractivity contribution < 1.29 is 4.79 Å². The first-order chi connectivity index (χ1) is 10.4. The van der Waals surface area contributed by atoms with Gasteiger partial charge in [-0.2, -0.15) is 5.10 Å². The highest BCUT2D eigenvalue weighted by atomic mass is 16.1. The Bertz CT molecular complexity index is 717. The first-order valence-electron chi connectivity index (χ1n) is 7.00. The smallest absolute Gasteiger partial charge is 0.153 e. The zero-order chi connectivity index (χ0) is 14.5. The molecule has 104 valence electrons. The van der Waals surface area contributed by atoms with Crippen molar-refractivity contribution in [1.29, 1.82) is 0 Å². The van der Waals surface area contributed by atoms with Gasteiger partial charge in [0.15, 0.2) is 6.29 Å². The molecule has 0 radical (unpaired) electrons. The molecule has 3 heteroatoms. The van der Waals surface area contributed by atoms with Gasteiger partial charge in [0.2, 0.25) is 0 Å². The summed E-state index contributed by atoms with van der Waals surface area (Å²) in [7, 11) is 0. The molecule has 0 amide bonds. The van der Waals surface area contributed by atoms with E-state index in [-0.39, 0.29) is 0 Å². The second-order valence-electron chi connectivity index (χ2n) is 4.91. The topological polar surface area (TPSA) is 34.9 Å². The third-order valence-electron chi connectivity index (χ3n) is 3.46. The van der Waals surface area contributed by atoms with Crippen LogP contribution in [-0.4, -0.2) is 16.1 Å². The van der Waals surface area contributed by atoms with Crippen LogP contribution in [0.4, 0.5) is 0 Å². The number of carbonyl (C=O) groups excluding carboxylic acids is 1. The van der Waals surface area contributed by atoms with Crippen LogP contribution in [0, 0.1) is 0 Å². The molecule has 0 aliphatic carbocycles. The minimum atomic E-state index is 0.662. The molecular weight excluding hydrogens is 260 g/mol. The number of hydrogen-bond acceptors (Lipinski definition) is 2. The molecule has 3 aromatic rings. The summed E-state index contributed by atoms with van der Waals surface area (Å²) in [5, 5.41) is 4.55. The fourth-order valence-corrected chi connectivity index (χ4v) is 2.34. The second kappa shape index (κ2) is 6.18. The van der Waals surface area contributed by atoms with E-state index in [9.17, 15) is 4.79 Å². The van der Waals surface area contributed by atoms with Crippen molar-refractivity contribution in [2.24, 2.45) is 0 Å². The molecule has 3 nitrogen and oxygen atoms in total. The summed E-state index contributed by atoms with van der Waals surface area (Å²) in [6.07, 6.45) is 4.32. The van der Waals surface area contributed by atoms with Gasteiger partial charge in [-0.3, -0.25) is 4.79 Å². The Morgan fingerprint density at radius 1 is 0.905 bits per heavy atom. The molecule has 0 spiro atoms. The van der Waals surface area contributed by atoms with Gasteiger partial charge in [0.05, 0.1) is 16.9 Å². The van der Waals surface area contributed by atoms with Crippen molar-refractivity contribution in [3.8, 4) is 5.69 Å². The summed E-state index contributed by atoms with van der Waals surface area (Å²) in [4.78, 5) is 11.2. The summed E-state index contributed by atoms with van der Waals surface area (Å²) in [6.45, 7) is 0. The van der Waals surface area contributed by atoms with Gasteiger partial charge in [-0.15, -0.1) is 0 Å². The maximum Gasteiger partial charge on any atom is 0.153 e. The van der Waals surface area contributed by atoms with Gasteiger partial charge in [-0.05, 0) is 30.5 Å². The summed E-state index contributed by atoms with van der Waals surface area (Å²) in [6, 6.07) is 20.1. The van der Waals surface area contributed by atoms with Crippen molar-refractivity contribution in [1.82, 2.24) is 9.78 Å². The molecule has 3 rings (SSSR count). The zero-order valence-corrected chi connectivity index (χ0v) is 11.6.